The van der Waals surface area contributed by atoms with Gasteiger partial charge in [-0.3, -0.25) is 14.5 Å². The van der Waals surface area contributed by atoms with Crippen LogP contribution in [0.2, 0.25) is 0 Å². The van der Waals surface area contributed by atoms with E-state index in [1.54, 1.807) is 6.92 Å². The lowest BCUT2D eigenvalue weighted by molar-refractivity contribution is -0.135. The third-order valence-corrected chi connectivity index (χ3v) is 4.56. The Morgan fingerprint density at radius 3 is 2.33 bits per heavy atom. The van der Waals surface area contributed by atoms with Crippen molar-refractivity contribution in [3.05, 3.63) is 35.4 Å². The summed E-state index contributed by atoms with van der Waals surface area (Å²) in [7, 11) is 0. The summed E-state index contributed by atoms with van der Waals surface area (Å²) in [4.78, 5) is 38.1. The molecule has 1 aromatic carbocycles. The van der Waals surface area contributed by atoms with E-state index in [0.717, 1.165) is 23.3 Å². The molecule has 0 saturated carbocycles. The Hall–Kier alpha value is -2.37. The number of urea groups is 1. The smallest absolute Gasteiger partial charge is 0.325 e. The van der Waals surface area contributed by atoms with Crippen LogP contribution in [-0.2, 0) is 15.1 Å². The molecule has 6 nitrogen and oxygen atoms in total. The summed E-state index contributed by atoms with van der Waals surface area (Å²) in [5.41, 5.74) is 0.634. The third kappa shape index (κ3) is 3.42. The number of carbonyl (C=O) groups is 3. The molecule has 0 radical (unpaired) electrons. The van der Waals surface area contributed by atoms with Gasteiger partial charge in [0.05, 0.1) is 0 Å². The lowest BCUT2D eigenvalue weighted by Gasteiger charge is -2.22. The molecule has 2 N–H and O–H groups in total. The summed E-state index contributed by atoms with van der Waals surface area (Å²) < 4.78 is 0. The van der Waals surface area contributed by atoms with Crippen molar-refractivity contribution in [1.29, 1.82) is 0 Å². The fourth-order valence-corrected chi connectivity index (χ4v) is 2.83. The standard InChI is InChI=1S/C18H25N3O3/c1-5-14(6-2)19-15(22)11-21-16(23)18(4,20-17(21)24)13-9-7-12(3)8-10-13/h7-10,14H,5-6,11H2,1-4H3,(H,19,22)(H,20,24)/t18-/m0/s1. The predicted molar refractivity (Wildman–Crippen MR) is 91.3 cm³/mol. The van der Waals surface area contributed by atoms with Gasteiger partial charge in [-0.25, -0.2) is 4.79 Å². The minimum Gasteiger partial charge on any atom is -0.352 e. The molecule has 1 fully saturated rings. The van der Waals surface area contributed by atoms with Crippen LogP contribution in [-0.4, -0.2) is 35.3 Å². The molecule has 0 unspecified atom stereocenters. The van der Waals surface area contributed by atoms with Crippen LogP contribution in [0, 0.1) is 6.92 Å². The van der Waals surface area contributed by atoms with Crippen LogP contribution in [0.1, 0.15) is 44.7 Å². The SMILES string of the molecule is CCC(CC)NC(=O)CN1C(=O)N[C@@](C)(c2ccc(C)cc2)C1=O. The van der Waals surface area contributed by atoms with Gasteiger partial charge in [0.25, 0.3) is 5.91 Å². The number of nitrogens with zero attached hydrogens (tertiary/aromatic N) is 1. The molecule has 130 valence electrons. The van der Waals surface area contributed by atoms with Crippen molar-refractivity contribution in [2.45, 2.75) is 52.1 Å². The van der Waals surface area contributed by atoms with E-state index in [-0.39, 0.29) is 18.5 Å². The van der Waals surface area contributed by atoms with Gasteiger partial charge >= 0.3 is 6.03 Å². The first-order valence-electron chi connectivity index (χ1n) is 8.32. The first-order chi connectivity index (χ1) is 11.3. The highest BCUT2D eigenvalue weighted by molar-refractivity contribution is 6.09. The monoisotopic (exact) mass is 331 g/mol. The maximum atomic E-state index is 12.7. The van der Waals surface area contributed by atoms with Crippen LogP contribution < -0.4 is 10.6 Å². The second-order valence-corrected chi connectivity index (χ2v) is 6.39. The third-order valence-electron chi connectivity index (χ3n) is 4.56. The molecule has 2 rings (SSSR count). The van der Waals surface area contributed by atoms with E-state index in [1.807, 2.05) is 45.0 Å². The van der Waals surface area contributed by atoms with Crippen molar-refractivity contribution in [2.24, 2.45) is 0 Å². The van der Waals surface area contributed by atoms with Gasteiger partial charge in [-0.15, -0.1) is 0 Å². The van der Waals surface area contributed by atoms with Gasteiger partial charge < -0.3 is 10.6 Å². The van der Waals surface area contributed by atoms with Crippen LogP contribution in [0.25, 0.3) is 0 Å². The number of nitrogens with one attached hydrogen (secondary N) is 2. The van der Waals surface area contributed by atoms with E-state index in [0.29, 0.717) is 5.56 Å². The second kappa shape index (κ2) is 7.03. The Bertz CT molecular complexity index is 637. The van der Waals surface area contributed by atoms with Gasteiger partial charge in [-0.05, 0) is 32.3 Å². The van der Waals surface area contributed by atoms with Crippen LogP contribution >= 0.6 is 0 Å². The lowest BCUT2D eigenvalue weighted by Crippen LogP contribution is -2.45. The van der Waals surface area contributed by atoms with Crippen molar-refractivity contribution in [3.8, 4) is 0 Å². The van der Waals surface area contributed by atoms with Gasteiger partial charge in [0.2, 0.25) is 5.91 Å². The van der Waals surface area contributed by atoms with Gasteiger partial charge in [-0.2, -0.15) is 0 Å². The van der Waals surface area contributed by atoms with Gasteiger partial charge in [-0.1, -0.05) is 43.7 Å². The molecule has 0 aliphatic carbocycles. The molecule has 24 heavy (non-hydrogen) atoms. The van der Waals surface area contributed by atoms with Crippen LogP contribution in [0.4, 0.5) is 4.79 Å². The lowest BCUT2D eigenvalue weighted by atomic mass is 9.91. The quantitative estimate of drug-likeness (QED) is 0.783. The minimum absolute atomic E-state index is 0.0572. The summed E-state index contributed by atoms with van der Waals surface area (Å²) in [6, 6.07) is 6.94. The zero-order valence-corrected chi connectivity index (χ0v) is 14.7. The summed E-state index contributed by atoms with van der Waals surface area (Å²) in [6.07, 6.45) is 1.62. The van der Waals surface area contributed by atoms with Gasteiger partial charge in [0, 0.05) is 6.04 Å². The van der Waals surface area contributed by atoms with Crippen molar-refractivity contribution in [3.63, 3.8) is 0 Å². The van der Waals surface area contributed by atoms with Crippen LogP contribution in [0.5, 0.6) is 0 Å². The number of amides is 4. The number of carbonyl (C=O) groups excluding carboxylic acids is 3. The molecule has 1 aliphatic heterocycles. The fraction of sp³-hybridized carbons (Fsp3) is 0.500. The maximum Gasteiger partial charge on any atom is 0.325 e. The Balaban J connectivity index is 2.14. The second-order valence-electron chi connectivity index (χ2n) is 6.39. The molecule has 0 aromatic heterocycles. The zero-order chi connectivity index (χ0) is 17.9. The predicted octanol–water partition coefficient (Wildman–Crippen LogP) is 2.07. The Kier molecular flexibility index (Phi) is 5.26. The molecule has 1 atom stereocenters. The average molecular weight is 331 g/mol. The van der Waals surface area contributed by atoms with E-state index < -0.39 is 17.5 Å². The molecule has 6 heteroatoms. The first kappa shape index (κ1) is 18.0. The summed E-state index contributed by atoms with van der Waals surface area (Å²) in [5.74, 6) is -0.726. The molecule has 1 saturated heterocycles. The highest BCUT2D eigenvalue weighted by atomic mass is 16.2. The first-order valence-corrected chi connectivity index (χ1v) is 8.32. The number of benzene rings is 1. The van der Waals surface area contributed by atoms with Crippen molar-refractivity contribution >= 4 is 17.8 Å². The van der Waals surface area contributed by atoms with E-state index >= 15 is 0 Å². The van der Waals surface area contributed by atoms with E-state index in [4.69, 9.17) is 0 Å². The van der Waals surface area contributed by atoms with Crippen molar-refractivity contribution in [2.75, 3.05) is 6.54 Å². The van der Waals surface area contributed by atoms with Gasteiger partial charge in [0.1, 0.15) is 12.1 Å². The number of rotatable bonds is 6. The largest absolute Gasteiger partial charge is 0.352 e. The van der Waals surface area contributed by atoms with Crippen molar-refractivity contribution < 1.29 is 14.4 Å². The molecular weight excluding hydrogens is 306 g/mol. The molecule has 1 aromatic rings. The highest BCUT2D eigenvalue weighted by Crippen LogP contribution is 2.28. The van der Waals surface area contributed by atoms with E-state index in [2.05, 4.69) is 10.6 Å². The molecule has 1 aliphatic rings. The molecule has 0 bridgehead atoms. The summed E-state index contributed by atoms with van der Waals surface area (Å²) in [6.45, 7) is 7.32. The Morgan fingerprint density at radius 2 is 1.79 bits per heavy atom. The van der Waals surface area contributed by atoms with Crippen LogP contribution in [0.15, 0.2) is 24.3 Å². The number of imide groups is 1. The average Bonchev–Trinajstić information content (AvgIpc) is 2.77. The molecule has 4 amide bonds. The zero-order valence-electron chi connectivity index (χ0n) is 14.7. The Morgan fingerprint density at radius 1 is 1.21 bits per heavy atom. The van der Waals surface area contributed by atoms with Crippen molar-refractivity contribution in [1.82, 2.24) is 15.5 Å². The summed E-state index contributed by atoms with van der Waals surface area (Å²) in [5, 5.41) is 5.56. The topological polar surface area (TPSA) is 78.5 Å². The van der Waals surface area contributed by atoms with E-state index in [1.165, 1.54) is 0 Å². The molecule has 1 heterocycles. The molecular formula is C18H25N3O3. The number of hydrogen-bond acceptors (Lipinski definition) is 3. The van der Waals surface area contributed by atoms with Crippen LogP contribution in [0.3, 0.4) is 0 Å². The molecule has 0 spiro atoms. The van der Waals surface area contributed by atoms with Gasteiger partial charge in [0.15, 0.2) is 0 Å². The fourth-order valence-electron chi connectivity index (χ4n) is 2.83. The number of aryl methyl sites for hydroxylation is 1. The normalized spacial score (nSPS) is 20.5. The highest BCUT2D eigenvalue weighted by Gasteiger charge is 2.49. The van der Waals surface area contributed by atoms with E-state index in [9.17, 15) is 14.4 Å². The minimum atomic E-state index is -1.14. The summed E-state index contributed by atoms with van der Waals surface area (Å²) >= 11 is 0. The number of hydrogen-bond donors (Lipinski definition) is 2. The maximum absolute atomic E-state index is 12.7. The Labute approximate surface area is 142 Å².